The zero-order chi connectivity index (χ0) is 15.0. The third-order valence-corrected chi connectivity index (χ3v) is 4.12. The van der Waals surface area contributed by atoms with Gasteiger partial charge in [-0.25, -0.2) is 4.98 Å². The van der Waals surface area contributed by atoms with Crippen molar-refractivity contribution in [2.45, 2.75) is 0 Å². The maximum atomic E-state index is 12.3. The second kappa shape index (κ2) is 3.48. The van der Waals surface area contributed by atoms with Gasteiger partial charge in [0.15, 0.2) is 0 Å². The smallest absolute Gasteiger partial charge is 0.261 e. The standard InChI is InChI=1S/C16H9N3O3/c20-7-3-4-9-8(6-7)11-12-14(16(22)18-15(12)21)19-5-1-2-10(19)13(11)17-9/h1-6,20,22H,(H,18,21). The first-order valence-corrected chi connectivity index (χ1v) is 6.75. The Morgan fingerprint density at radius 1 is 1.14 bits per heavy atom. The predicted octanol–water partition coefficient (Wildman–Crippen LogP) is 2.33. The number of aromatic amines is 1. The number of rotatable bonds is 0. The van der Waals surface area contributed by atoms with Crippen LogP contribution >= 0.6 is 0 Å². The number of aromatic nitrogens is 3. The molecule has 0 aliphatic heterocycles. The third-order valence-electron chi connectivity index (χ3n) is 4.12. The maximum Gasteiger partial charge on any atom is 0.261 e. The van der Waals surface area contributed by atoms with Gasteiger partial charge in [0.2, 0.25) is 5.88 Å². The lowest BCUT2D eigenvalue weighted by atomic mass is 10.1. The highest BCUT2D eigenvalue weighted by Gasteiger charge is 2.20. The third kappa shape index (κ3) is 1.16. The molecule has 106 valence electrons. The van der Waals surface area contributed by atoms with Crippen LogP contribution in [-0.2, 0) is 0 Å². The summed E-state index contributed by atoms with van der Waals surface area (Å²) in [4.78, 5) is 19.3. The highest BCUT2D eigenvalue weighted by Crippen LogP contribution is 2.37. The number of nitrogens with one attached hydrogen (secondary N) is 1. The van der Waals surface area contributed by atoms with Gasteiger partial charge in [0, 0.05) is 17.0 Å². The van der Waals surface area contributed by atoms with Crippen molar-refractivity contribution >= 4 is 38.2 Å². The number of phenolic OH excluding ortho intramolecular Hbond substituents is 1. The lowest BCUT2D eigenvalue weighted by Gasteiger charge is -2.01. The minimum absolute atomic E-state index is 0.109. The Hall–Kier alpha value is -3.28. The molecule has 4 aromatic heterocycles. The second-order valence-electron chi connectivity index (χ2n) is 5.33. The molecular formula is C16H9N3O3. The molecule has 3 N–H and O–H groups in total. The second-order valence-corrected chi connectivity index (χ2v) is 5.33. The summed E-state index contributed by atoms with van der Waals surface area (Å²) in [5.74, 6) is -0.0602. The van der Waals surface area contributed by atoms with Gasteiger partial charge in [-0.3, -0.25) is 9.78 Å². The predicted molar refractivity (Wildman–Crippen MR) is 82.8 cm³/mol. The van der Waals surface area contributed by atoms with Gasteiger partial charge in [0.25, 0.3) is 5.56 Å². The molecule has 6 heteroatoms. The van der Waals surface area contributed by atoms with Crippen molar-refractivity contribution in [2.75, 3.05) is 0 Å². The van der Waals surface area contributed by atoms with E-state index in [0.717, 1.165) is 5.52 Å². The molecule has 0 atom stereocenters. The number of pyridine rings is 1. The monoisotopic (exact) mass is 291 g/mol. The van der Waals surface area contributed by atoms with E-state index in [2.05, 4.69) is 9.97 Å². The van der Waals surface area contributed by atoms with Crippen LogP contribution in [0.25, 0.3) is 38.2 Å². The highest BCUT2D eigenvalue weighted by molar-refractivity contribution is 6.24. The summed E-state index contributed by atoms with van der Waals surface area (Å²) in [6, 6.07) is 8.58. The molecule has 0 saturated heterocycles. The van der Waals surface area contributed by atoms with Crippen LogP contribution in [0.5, 0.6) is 11.6 Å². The van der Waals surface area contributed by atoms with Crippen molar-refractivity contribution in [3.63, 3.8) is 0 Å². The van der Waals surface area contributed by atoms with Crippen LogP contribution in [0.4, 0.5) is 0 Å². The molecule has 4 heterocycles. The molecular weight excluding hydrogens is 282 g/mol. The maximum absolute atomic E-state index is 12.3. The van der Waals surface area contributed by atoms with Crippen LogP contribution in [0.1, 0.15) is 0 Å². The van der Waals surface area contributed by atoms with E-state index in [4.69, 9.17) is 0 Å². The largest absolute Gasteiger partial charge is 0.508 e. The van der Waals surface area contributed by atoms with E-state index in [1.807, 2.05) is 12.1 Å². The van der Waals surface area contributed by atoms with Crippen molar-refractivity contribution in [3.8, 4) is 11.6 Å². The Morgan fingerprint density at radius 3 is 2.86 bits per heavy atom. The molecule has 5 aromatic rings. The number of nitrogens with zero attached hydrogens (tertiary/aromatic N) is 2. The van der Waals surface area contributed by atoms with Gasteiger partial charge >= 0.3 is 0 Å². The molecule has 0 spiro atoms. The average Bonchev–Trinajstić information content (AvgIpc) is 3.14. The van der Waals surface area contributed by atoms with Gasteiger partial charge in [-0.2, -0.15) is 0 Å². The first-order chi connectivity index (χ1) is 10.6. The lowest BCUT2D eigenvalue weighted by molar-refractivity contribution is 0.460. The van der Waals surface area contributed by atoms with Crippen LogP contribution in [0.3, 0.4) is 0 Å². The van der Waals surface area contributed by atoms with E-state index in [-0.39, 0.29) is 17.2 Å². The van der Waals surface area contributed by atoms with Gasteiger partial charge in [0.1, 0.15) is 11.3 Å². The number of phenols is 1. The highest BCUT2D eigenvalue weighted by atomic mass is 16.3. The summed E-state index contributed by atoms with van der Waals surface area (Å²) < 4.78 is 1.75. The van der Waals surface area contributed by atoms with Crippen LogP contribution < -0.4 is 5.56 Å². The molecule has 0 aliphatic rings. The van der Waals surface area contributed by atoms with E-state index in [1.54, 1.807) is 28.8 Å². The summed E-state index contributed by atoms with van der Waals surface area (Å²) in [6.07, 6.45) is 1.78. The number of aromatic hydroxyl groups is 2. The topological polar surface area (TPSA) is 90.6 Å². The quantitative estimate of drug-likeness (QED) is 0.408. The Morgan fingerprint density at radius 2 is 2.00 bits per heavy atom. The van der Waals surface area contributed by atoms with Crippen molar-refractivity contribution in [2.24, 2.45) is 0 Å². The minimum atomic E-state index is -0.370. The number of hydrogen-bond donors (Lipinski definition) is 3. The van der Waals surface area contributed by atoms with Gasteiger partial charge < -0.3 is 14.6 Å². The molecule has 0 saturated carbocycles. The fourth-order valence-corrected chi connectivity index (χ4v) is 3.25. The number of hydrogen-bond acceptors (Lipinski definition) is 4. The molecule has 0 unspecified atom stereocenters. The molecule has 0 amide bonds. The molecule has 5 rings (SSSR count). The van der Waals surface area contributed by atoms with Crippen molar-refractivity contribution < 1.29 is 10.2 Å². The SMILES string of the molecule is O=c1[nH]c(O)c2c1c1c3cc(O)ccc3nc1c1cccn12. The van der Waals surface area contributed by atoms with Crippen LogP contribution in [0, 0.1) is 0 Å². The fourth-order valence-electron chi connectivity index (χ4n) is 3.25. The lowest BCUT2D eigenvalue weighted by Crippen LogP contribution is -1.98. The Labute approximate surface area is 122 Å². The number of benzene rings is 1. The van der Waals surface area contributed by atoms with Crippen molar-refractivity contribution in [1.82, 2.24) is 14.4 Å². The van der Waals surface area contributed by atoms with Gasteiger partial charge in [0.05, 0.1) is 21.9 Å². The van der Waals surface area contributed by atoms with Crippen LogP contribution in [0.15, 0.2) is 41.3 Å². The van der Waals surface area contributed by atoms with Crippen molar-refractivity contribution in [3.05, 3.63) is 46.9 Å². The van der Waals surface area contributed by atoms with E-state index in [0.29, 0.717) is 32.7 Å². The molecule has 0 radical (unpaired) electrons. The Kier molecular flexibility index (Phi) is 1.80. The van der Waals surface area contributed by atoms with E-state index in [1.165, 1.54) is 0 Å². The summed E-state index contributed by atoms with van der Waals surface area (Å²) >= 11 is 0. The number of H-pyrrole nitrogens is 1. The molecule has 0 fully saturated rings. The Balaban J connectivity index is 2.28. The molecule has 0 aliphatic carbocycles. The van der Waals surface area contributed by atoms with Crippen LogP contribution in [0.2, 0.25) is 0 Å². The van der Waals surface area contributed by atoms with Gasteiger partial charge in [-0.05, 0) is 30.3 Å². The summed E-state index contributed by atoms with van der Waals surface area (Å²) in [5.41, 5.74) is 2.23. The summed E-state index contributed by atoms with van der Waals surface area (Å²) in [5, 5.41) is 21.6. The van der Waals surface area contributed by atoms with Gasteiger partial charge in [-0.1, -0.05) is 0 Å². The zero-order valence-electron chi connectivity index (χ0n) is 11.2. The van der Waals surface area contributed by atoms with E-state index in [9.17, 15) is 15.0 Å². The van der Waals surface area contributed by atoms with E-state index >= 15 is 0 Å². The van der Waals surface area contributed by atoms with Crippen molar-refractivity contribution in [1.29, 1.82) is 0 Å². The molecule has 22 heavy (non-hydrogen) atoms. The Bertz CT molecular complexity index is 1270. The summed E-state index contributed by atoms with van der Waals surface area (Å²) in [6.45, 7) is 0. The van der Waals surface area contributed by atoms with Crippen LogP contribution in [-0.4, -0.2) is 24.6 Å². The minimum Gasteiger partial charge on any atom is -0.508 e. The molecule has 6 nitrogen and oxygen atoms in total. The first-order valence-electron chi connectivity index (χ1n) is 6.75. The van der Waals surface area contributed by atoms with E-state index < -0.39 is 0 Å². The molecule has 0 bridgehead atoms. The van der Waals surface area contributed by atoms with Gasteiger partial charge in [-0.15, -0.1) is 0 Å². The average molecular weight is 291 g/mol. The summed E-state index contributed by atoms with van der Waals surface area (Å²) in [7, 11) is 0. The zero-order valence-corrected chi connectivity index (χ0v) is 11.2. The fraction of sp³-hybridized carbons (Fsp3) is 0. The normalized spacial score (nSPS) is 12.2. The number of fused-ring (bicyclic) bond motifs is 8. The molecule has 1 aromatic carbocycles. The first kappa shape index (κ1) is 11.4.